The van der Waals surface area contributed by atoms with Crippen molar-refractivity contribution in [2.45, 2.75) is 90.0 Å². The van der Waals surface area contributed by atoms with Gasteiger partial charge < -0.3 is 0 Å². The van der Waals surface area contributed by atoms with Crippen LogP contribution in [-0.4, -0.2) is 10.5 Å². The number of hydrogen-bond acceptors (Lipinski definition) is 2. The Bertz CT molecular complexity index is 249. The number of unbranched alkanes of at least 4 members (excludes halogenated alkanes) is 4. The fourth-order valence-corrected chi connectivity index (χ4v) is 3.26. The maximum Gasteiger partial charge on any atom is 0.222 e. The summed E-state index contributed by atoms with van der Waals surface area (Å²) in [7, 11) is 0. The van der Waals surface area contributed by atoms with Crippen molar-refractivity contribution in [3.8, 4) is 0 Å². The molecule has 1 rings (SSSR count). The molecule has 0 saturated heterocycles. The number of rotatable bonds is 8. The van der Waals surface area contributed by atoms with E-state index in [1.165, 1.54) is 38.5 Å². The summed E-state index contributed by atoms with van der Waals surface area (Å²) < 4.78 is 0. The minimum Gasteiger partial charge on any atom is -0.264 e. The van der Waals surface area contributed by atoms with Gasteiger partial charge in [-0.15, -0.1) is 0 Å². The number of hydrogen-bond donors (Lipinski definition) is 0. The van der Waals surface area contributed by atoms with Crippen molar-refractivity contribution in [1.82, 2.24) is 0 Å². The van der Waals surface area contributed by atoms with Crippen LogP contribution < -0.4 is 0 Å². The van der Waals surface area contributed by atoms with Crippen molar-refractivity contribution < 1.29 is 4.92 Å². The van der Waals surface area contributed by atoms with E-state index in [2.05, 4.69) is 6.92 Å². The van der Waals surface area contributed by atoms with Gasteiger partial charge in [0.1, 0.15) is 0 Å². The summed E-state index contributed by atoms with van der Waals surface area (Å²) in [6.07, 6.45) is 12.4. The summed E-state index contributed by atoms with van der Waals surface area (Å²) >= 11 is 0. The zero-order valence-electron chi connectivity index (χ0n) is 12.1. The Hall–Kier alpha value is -0.600. The molecule has 0 N–H and O–H groups in total. The first-order chi connectivity index (χ1) is 8.61. The van der Waals surface area contributed by atoms with Crippen LogP contribution in [0.15, 0.2) is 0 Å². The van der Waals surface area contributed by atoms with Gasteiger partial charge in [0, 0.05) is 24.2 Å². The molecule has 0 heterocycles. The molecule has 0 aromatic carbocycles. The van der Waals surface area contributed by atoms with Crippen LogP contribution in [0, 0.1) is 16.0 Å². The predicted molar refractivity (Wildman–Crippen MR) is 75.4 cm³/mol. The van der Waals surface area contributed by atoms with Crippen LogP contribution in [0.4, 0.5) is 0 Å². The third-order valence-electron chi connectivity index (χ3n) is 4.69. The third kappa shape index (κ3) is 4.25. The molecule has 0 amide bonds. The lowest BCUT2D eigenvalue weighted by atomic mass is 9.73. The lowest BCUT2D eigenvalue weighted by Gasteiger charge is -2.32. The van der Waals surface area contributed by atoms with Gasteiger partial charge in [-0.2, -0.15) is 0 Å². The van der Waals surface area contributed by atoms with Gasteiger partial charge in [0.25, 0.3) is 0 Å². The SMILES string of the molecule is CCCCCCCC(C)(C1CCCCC1)[N+](=O)[O-]. The number of nitro groups is 1. The van der Waals surface area contributed by atoms with Gasteiger partial charge in [-0.3, -0.25) is 10.1 Å². The molecule has 3 heteroatoms. The van der Waals surface area contributed by atoms with Gasteiger partial charge in [0.05, 0.1) is 0 Å². The average molecular weight is 255 g/mol. The quantitative estimate of drug-likeness (QED) is 0.349. The second-order valence-electron chi connectivity index (χ2n) is 6.11. The fraction of sp³-hybridized carbons (Fsp3) is 1.00. The van der Waals surface area contributed by atoms with E-state index in [0.717, 1.165) is 32.1 Å². The second kappa shape index (κ2) is 7.75. The molecule has 1 saturated carbocycles. The summed E-state index contributed by atoms with van der Waals surface area (Å²) in [5.74, 6) is 0.312. The first-order valence-corrected chi connectivity index (χ1v) is 7.75. The predicted octanol–water partition coefficient (Wildman–Crippen LogP) is 4.96. The van der Waals surface area contributed by atoms with Gasteiger partial charge in [0.15, 0.2) is 0 Å². The van der Waals surface area contributed by atoms with Gasteiger partial charge in [-0.1, -0.05) is 51.9 Å². The summed E-state index contributed by atoms with van der Waals surface area (Å²) in [5, 5.41) is 11.4. The van der Waals surface area contributed by atoms with Crippen molar-refractivity contribution >= 4 is 0 Å². The summed E-state index contributed by atoms with van der Waals surface area (Å²) in [5.41, 5.74) is -0.660. The minimum absolute atomic E-state index is 0.0167. The van der Waals surface area contributed by atoms with Gasteiger partial charge >= 0.3 is 0 Å². The van der Waals surface area contributed by atoms with Crippen molar-refractivity contribution in [2.24, 2.45) is 5.92 Å². The van der Waals surface area contributed by atoms with E-state index < -0.39 is 5.54 Å². The Labute approximate surface area is 111 Å². The molecule has 0 aromatic heterocycles. The van der Waals surface area contributed by atoms with E-state index in [-0.39, 0.29) is 4.92 Å². The molecular weight excluding hydrogens is 226 g/mol. The Kier molecular flexibility index (Phi) is 6.66. The summed E-state index contributed by atoms with van der Waals surface area (Å²) in [4.78, 5) is 11.5. The topological polar surface area (TPSA) is 43.1 Å². The molecule has 1 aliphatic carbocycles. The zero-order chi connectivity index (χ0) is 13.4. The van der Waals surface area contributed by atoms with E-state index in [1.54, 1.807) is 0 Å². The third-order valence-corrected chi connectivity index (χ3v) is 4.69. The molecule has 0 radical (unpaired) electrons. The van der Waals surface area contributed by atoms with E-state index in [0.29, 0.717) is 5.92 Å². The molecule has 1 unspecified atom stereocenters. The lowest BCUT2D eigenvalue weighted by Crippen LogP contribution is -2.43. The summed E-state index contributed by atoms with van der Waals surface area (Å²) in [6, 6.07) is 0. The van der Waals surface area contributed by atoms with Gasteiger partial charge in [-0.25, -0.2) is 0 Å². The van der Waals surface area contributed by atoms with Crippen LogP contribution in [0.3, 0.4) is 0 Å². The normalized spacial score (nSPS) is 20.6. The molecule has 106 valence electrons. The molecule has 0 aromatic rings. The van der Waals surface area contributed by atoms with E-state index in [1.807, 2.05) is 6.92 Å². The molecule has 3 nitrogen and oxygen atoms in total. The van der Waals surface area contributed by atoms with Crippen molar-refractivity contribution in [1.29, 1.82) is 0 Å². The van der Waals surface area contributed by atoms with Crippen LogP contribution in [0.2, 0.25) is 0 Å². The maximum atomic E-state index is 11.4. The van der Waals surface area contributed by atoms with E-state index in [9.17, 15) is 10.1 Å². The fourth-order valence-electron chi connectivity index (χ4n) is 3.26. The van der Waals surface area contributed by atoms with Gasteiger partial charge in [-0.05, 0) is 19.3 Å². The van der Waals surface area contributed by atoms with Crippen LogP contribution in [0.1, 0.15) is 84.5 Å². The van der Waals surface area contributed by atoms with Crippen LogP contribution >= 0.6 is 0 Å². The average Bonchev–Trinajstić information content (AvgIpc) is 2.39. The lowest BCUT2D eigenvalue weighted by molar-refractivity contribution is -0.579. The highest BCUT2D eigenvalue weighted by Crippen LogP contribution is 2.37. The number of nitrogens with zero attached hydrogens (tertiary/aromatic N) is 1. The highest BCUT2D eigenvalue weighted by molar-refractivity contribution is 4.85. The van der Waals surface area contributed by atoms with Crippen LogP contribution in [0.25, 0.3) is 0 Å². The molecule has 0 spiro atoms. The van der Waals surface area contributed by atoms with E-state index >= 15 is 0 Å². The maximum absolute atomic E-state index is 11.4. The first kappa shape index (κ1) is 15.5. The van der Waals surface area contributed by atoms with Crippen molar-refractivity contribution in [3.63, 3.8) is 0 Å². The molecule has 18 heavy (non-hydrogen) atoms. The van der Waals surface area contributed by atoms with Crippen molar-refractivity contribution in [2.75, 3.05) is 0 Å². The second-order valence-corrected chi connectivity index (χ2v) is 6.11. The monoisotopic (exact) mass is 255 g/mol. The first-order valence-electron chi connectivity index (χ1n) is 7.75. The highest BCUT2D eigenvalue weighted by Gasteiger charge is 2.44. The largest absolute Gasteiger partial charge is 0.264 e. The summed E-state index contributed by atoms with van der Waals surface area (Å²) in [6.45, 7) is 4.09. The molecule has 1 fully saturated rings. The van der Waals surface area contributed by atoms with Crippen molar-refractivity contribution in [3.05, 3.63) is 10.1 Å². The van der Waals surface area contributed by atoms with Gasteiger partial charge in [0.2, 0.25) is 5.54 Å². The molecular formula is C15H29NO2. The molecule has 1 aliphatic rings. The van der Waals surface area contributed by atoms with E-state index in [4.69, 9.17) is 0 Å². The molecule has 0 bridgehead atoms. The Morgan fingerprint density at radius 1 is 1.11 bits per heavy atom. The Morgan fingerprint density at radius 3 is 2.28 bits per heavy atom. The molecule has 1 atom stereocenters. The smallest absolute Gasteiger partial charge is 0.222 e. The standard InChI is InChI=1S/C15H29NO2/c1-3-4-5-6-10-13-15(2,16(17)18)14-11-8-7-9-12-14/h14H,3-13H2,1-2H3. The molecule has 0 aliphatic heterocycles. The van der Waals surface area contributed by atoms with Crippen LogP contribution in [0.5, 0.6) is 0 Å². The highest BCUT2D eigenvalue weighted by atomic mass is 16.6. The Morgan fingerprint density at radius 2 is 1.72 bits per heavy atom. The Balaban J connectivity index is 2.43. The zero-order valence-corrected chi connectivity index (χ0v) is 12.1. The van der Waals surface area contributed by atoms with Crippen LogP contribution in [-0.2, 0) is 0 Å². The minimum atomic E-state index is -0.660.